The van der Waals surface area contributed by atoms with Crippen LogP contribution >= 0.6 is 0 Å². The number of aliphatic hydroxyl groups is 1. The summed E-state index contributed by atoms with van der Waals surface area (Å²) < 4.78 is 0. The summed E-state index contributed by atoms with van der Waals surface area (Å²) in [5.74, 6) is -7.76. The van der Waals surface area contributed by atoms with Gasteiger partial charge in [0, 0.05) is 84.6 Å². The van der Waals surface area contributed by atoms with Crippen LogP contribution in [0.3, 0.4) is 0 Å². The number of aliphatic imine (C=N–C) groups is 1. The molecular weight excluding hydrogens is 1200 g/mol. The van der Waals surface area contributed by atoms with Crippen LogP contribution in [0.15, 0.2) is 109 Å². The zero-order valence-corrected chi connectivity index (χ0v) is 53.5. The number of nitrogens with one attached hydrogen (secondary N) is 6. The molecule has 0 unspecified atom stereocenters. The van der Waals surface area contributed by atoms with Gasteiger partial charge in [-0.3, -0.25) is 57.8 Å². The average Bonchev–Trinajstić information content (AvgIpc) is 1.08. The second kappa shape index (κ2) is 35.0. The average molecular weight is 1290 g/mol. The van der Waals surface area contributed by atoms with Gasteiger partial charge in [-0.2, -0.15) is 0 Å². The summed E-state index contributed by atoms with van der Waals surface area (Å²) in [7, 11) is 2.64. The van der Waals surface area contributed by atoms with Crippen LogP contribution in [0.4, 0.5) is 0 Å². The van der Waals surface area contributed by atoms with Crippen LogP contribution in [0.25, 0.3) is 10.8 Å². The number of phenolic OH excluding ortho intramolecular Hbond substituents is 2. The fourth-order valence-electron chi connectivity index (χ4n) is 11.3. The van der Waals surface area contributed by atoms with Gasteiger partial charge in [0.05, 0.1) is 19.5 Å². The highest BCUT2D eigenvalue weighted by Crippen LogP contribution is 2.28. The highest BCUT2D eigenvalue weighted by atomic mass is 16.3. The first kappa shape index (κ1) is 72.1. The minimum Gasteiger partial charge on any atom is -0.508 e. The lowest BCUT2D eigenvalue weighted by Crippen LogP contribution is -2.62. The highest BCUT2D eigenvalue weighted by Gasteiger charge is 2.42. The van der Waals surface area contributed by atoms with Crippen molar-refractivity contribution in [1.82, 2.24) is 56.2 Å². The van der Waals surface area contributed by atoms with E-state index in [4.69, 9.17) is 11.5 Å². The van der Waals surface area contributed by atoms with Crippen LogP contribution in [0.2, 0.25) is 0 Å². The Kier molecular flexibility index (Phi) is 27.2. The largest absolute Gasteiger partial charge is 0.508 e. The van der Waals surface area contributed by atoms with E-state index >= 15 is 14.4 Å². The van der Waals surface area contributed by atoms with Crippen molar-refractivity contribution in [2.24, 2.45) is 16.5 Å². The summed E-state index contributed by atoms with van der Waals surface area (Å²) in [6.45, 7) is 4.61. The number of likely N-dealkylation sites (N-methyl/N-ethyl adjacent to an activating group) is 2. The number of imidazole rings is 1. The van der Waals surface area contributed by atoms with E-state index in [0.29, 0.717) is 41.6 Å². The van der Waals surface area contributed by atoms with Crippen molar-refractivity contribution >= 4 is 75.8 Å². The highest BCUT2D eigenvalue weighted by molar-refractivity contribution is 6.01. The second-order valence-electron chi connectivity index (χ2n) is 23.4. The molecule has 1 aliphatic carbocycles. The van der Waals surface area contributed by atoms with Crippen LogP contribution in [0, 0.1) is 0 Å². The third-order valence-corrected chi connectivity index (χ3v) is 16.4. The summed E-state index contributed by atoms with van der Waals surface area (Å²) in [5, 5.41) is 46.7. The zero-order valence-electron chi connectivity index (χ0n) is 53.5. The molecule has 6 rings (SSSR count). The number of phenols is 2. The van der Waals surface area contributed by atoms with Crippen molar-refractivity contribution in [2.45, 2.75) is 153 Å². The molecule has 13 N–H and O–H groups in total. The number of amides is 10. The molecule has 1 fully saturated rings. The van der Waals surface area contributed by atoms with E-state index in [1.54, 1.807) is 18.2 Å². The molecule has 1 saturated carbocycles. The number of hydrogen-bond acceptors (Lipinski definition) is 15. The van der Waals surface area contributed by atoms with Crippen molar-refractivity contribution < 1.29 is 63.3 Å². The molecular formula is C66H88N14O13. The Hall–Kier alpha value is -9.92. The van der Waals surface area contributed by atoms with Gasteiger partial charge in [0.25, 0.3) is 5.91 Å². The topological polar surface area (TPSA) is 398 Å². The molecule has 1 aromatic heterocycles. The van der Waals surface area contributed by atoms with Gasteiger partial charge in [0.1, 0.15) is 53.8 Å². The number of nitrogens with zero attached hydrogens (tertiary/aromatic N) is 6. The third kappa shape index (κ3) is 21.1. The monoisotopic (exact) mass is 1280 g/mol. The molecule has 5 aromatic rings. The van der Waals surface area contributed by atoms with Crippen LogP contribution < -0.4 is 38.1 Å². The molecule has 7 atom stereocenters. The number of guanidine groups is 1. The maximum atomic E-state index is 15.1. The van der Waals surface area contributed by atoms with E-state index in [1.807, 2.05) is 31.2 Å². The van der Waals surface area contributed by atoms with Crippen molar-refractivity contribution in [3.63, 3.8) is 0 Å². The number of benzene rings is 4. The lowest BCUT2D eigenvalue weighted by atomic mass is 9.91. The number of aromatic nitrogens is 2. The molecule has 1 heterocycles. The zero-order chi connectivity index (χ0) is 67.9. The SMILES string of the molecule is CCCN(C(C)=O)C(=O)[C@H](CCCN=C(N)N)N(C(=O)[C@H](C)NC(=O)[C@@H](Cc1ccc(O)cc1)NC(=O)[C@H](Cc1ccc(O)cc1)NC(=O)[C@H](CO)N(C)C(=O)[C@H](Cc1cccc2ccccc12)NC(=O)[C@H](Cc1cnc[nH]1)NC(=O)CN(C)C(C)=O)C1CCCCC1. The second-order valence-corrected chi connectivity index (χ2v) is 23.4. The van der Waals surface area contributed by atoms with Crippen molar-refractivity contribution in [3.8, 4) is 11.5 Å². The molecule has 4 aromatic carbocycles. The van der Waals surface area contributed by atoms with E-state index in [1.165, 1.54) is 101 Å². The summed E-state index contributed by atoms with van der Waals surface area (Å²) in [4.78, 5) is 158. The molecule has 500 valence electrons. The first-order valence-electron chi connectivity index (χ1n) is 31.2. The lowest BCUT2D eigenvalue weighted by Gasteiger charge is -2.42. The number of aromatic hydroxyl groups is 2. The standard InChI is InChI=1S/C66H88N14O13/c1-7-31-79(42(4)83)65(93)56(21-14-30-70-66(67)68)80(48-18-9-8-10-19-48)63(91)40(2)72-59(87)52(32-43-22-26-49(84)27-23-43)74-60(88)53(33-44-24-28-50(85)29-25-44)75-62(90)57(38-81)78(6)64(92)55(34-46-17-13-16-45-15-11-12-20-51(45)46)76-61(89)54(35-47-36-69-39-71-47)73-58(86)37-77(5)41(3)82/h11-13,15-17,20,22-29,36,39-40,48,52-57,81,84-85H,7-10,14,18-19,21,30-35,37-38H2,1-6H3,(H,69,71)(H,72,87)(H,73,86)(H,74,88)(H,75,90)(H,76,89)(H4,67,68,70)/t40-,52+,53-,54-,55-,56-,57-/m0/s1. The predicted molar refractivity (Wildman–Crippen MR) is 346 cm³/mol. The molecule has 0 spiro atoms. The molecule has 27 nitrogen and oxygen atoms in total. The number of carbonyl (C=O) groups excluding carboxylic acids is 10. The molecule has 1 aliphatic rings. The third-order valence-electron chi connectivity index (χ3n) is 16.4. The molecule has 0 bridgehead atoms. The number of aromatic amines is 1. The van der Waals surface area contributed by atoms with E-state index in [2.05, 4.69) is 41.5 Å². The van der Waals surface area contributed by atoms with Crippen LogP contribution in [-0.4, -0.2) is 199 Å². The lowest BCUT2D eigenvalue weighted by molar-refractivity contribution is -0.155. The van der Waals surface area contributed by atoms with Crippen LogP contribution in [0.5, 0.6) is 11.5 Å². The molecule has 0 radical (unpaired) electrons. The number of carbonyl (C=O) groups is 10. The first-order chi connectivity index (χ1) is 44.4. The van der Waals surface area contributed by atoms with Crippen molar-refractivity contribution in [3.05, 3.63) is 126 Å². The maximum Gasteiger partial charge on any atom is 0.251 e. The smallest absolute Gasteiger partial charge is 0.251 e. The van der Waals surface area contributed by atoms with E-state index in [9.17, 15) is 48.9 Å². The van der Waals surface area contributed by atoms with Crippen LogP contribution in [0.1, 0.15) is 101 Å². The van der Waals surface area contributed by atoms with Crippen molar-refractivity contribution in [1.29, 1.82) is 0 Å². The van der Waals surface area contributed by atoms with Gasteiger partial charge in [-0.05, 0) is 90.8 Å². The fraction of sp³-hybridized carbons (Fsp3) is 0.455. The van der Waals surface area contributed by atoms with E-state index < -0.39 is 121 Å². The van der Waals surface area contributed by atoms with Gasteiger partial charge in [-0.1, -0.05) is 92.9 Å². The minimum absolute atomic E-state index is 0.0702. The summed E-state index contributed by atoms with van der Waals surface area (Å²) in [5.41, 5.74) is 13.1. The van der Waals surface area contributed by atoms with Gasteiger partial charge < -0.3 is 73.1 Å². The molecule has 27 heteroatoms. The molecule has 93 heavy (non-hydrogen) atoms. The van der Waals surface area contributed by atoms with Gasteiger partial charge in [-0.15, -0.1) is 0 Å². The fourth-order valence-corrected chi connectivity index (χ4v) is 11.3. The van der Waals surface area contributed by atoms with Gasteiger partial charge in [0.15, 0.2) is 5.96 Å². The number of H-pyrrole nitrogens is 1. The quantitative estimate of drug-likeness (QED) is 0.0164. The molecule has 0 aliphatic heterocycles. The number of nitrogens with two attached hydrogens (primary N) is 2. The molecule has 10 amide bonds. The number of imide groups is 1. The van der Waals surface area contributed by atoms with E-state index in [-0.39, 0.29) is 69.1 Å². The number of hydrogen-bond donors (Lipinski definition) is 11. The van der Waals surface area contributed by atoms with Gasteiger partial charge >= 0.3 is 0 Å². The summed E-state index contributed by atoms with van der Waals surface area (Å²) in [6, 6.07) is 13.6. The van der Waals surface area contributed by atoms with Crippen molar-refractivity contribution in [2.75, 3.05) is 40.3 Å². The number of fused-ring (bicyclic) bond motifs is 1. The van der Waals surface area contributed by atoms with E-state index in [0.717, 1.165) is 44.7 Å². The normalized spacial score (nSPS) is 14.5. The number of rotatable bonds is 32. The Morgan fingerprint density at radius 2 is 1.23 bits per heavy atom. The maximum absolute atomic E-state index is 15.1. The predicted octanol–water partition coefficient (Wildman–Crippen LogP) is 1.35. The van der Waals surface area contributed by atoms with Gasteiger partial charge in [0.2, 0.25) is 53.2 Å². The Morgan fingerprint density at radius 1 is 0.656 bits per heavy atom. The van der Waals surface area contributed by atoms with Crippen LogP contribution in [-0.2, 0) is 73.6 Å². The van der Waals surface area contributed by atoms with Gasteiger partial charge in [-0.25, -0.2) is 4.98 Å². The Bertz CT molecular complexity index is 3410. The Morgan fingerprint density at radius 3 is 1.78 bits per heavy atom. The minimum atomic E-state index is -1.75. The molecule has 0 saturated heterocycles. The first-order valence-corrected chi connectivity index (χ1v) is 31.2. The number of aliphatic hydroxyl groups excluding tert-OH is 1. The Balaban J connectivity index is 1.32. The summed E-state index contributed by atoms with van der Waals surface area (Å²) in [6.07, 6.45) is 6.24. The Labute approximate surface area is 540 Å². The summed E-state index contributed by atoms with van der Waals surface area (Å²) >= 11 is 0.